The molecule has 0 radical (unpaired) electrons. The molecule has 0 saturated heterocycles. The van der Waals surface area contributed by atoms with E-state index in [0.29, 0.717) is 30.3 Å². The van der Waals surface area contributed by atoms with Crippen molar-refractivity contribution < 1.29 is 13.2 Å². The first-order valence-electron chi connectivity index (χ1n) is 7.62. The Kier molecular flexibility index (Phi) is 5.13. The van der Waals surface area contributed by atoms with Crippen LogP contribution in [0.1, 0.15) is 5.56 Å². The van der Waals surface area contributed by atoms with E-state index < -0.39 is 11.6 Å². The van der Waals surface area contributed by atoms with E-state index in [1.807, 2.05) is 0 Å². The molecule has 0 spiro atoms. The first-order chi connectivity index (χ1) is 12.1. The summed E-state index contributed by atoms with van der Waals surface area (Å²) >= 11 is 0. The van der Waals surface area contributed by atoms with Gasteiger partial charge in [-0.3, -0.25) is 0 Å². The third-order valence-corrected chi connectivity index (χ3v) is 3.49. The molecule has 0 amide bonds. The Morgan fingerprint density at radius 1 is 0.800 bits per heavy atom. The highest BCUT2D eigenvalue weighted by molar-refractivity contribution is 5.58. The molecule has 4 nitrogen and oxygen atoms in total. The van der Waals surface area contributed by atoms with E-state index in [2.05, 4.69) is 20.6 Å². The number of hydrogen-bond donors (Lipinski definition) is 2. The van der Waals surface area contributed by atoms with Gasteiger partial charge in [0.1, 0.15) is 23.8 Å². The molecular weight excluding hydrogens is 329 g/mol. The topological polar surface area (TPSA) is 49.8 Å². The monoisotopic (exact) mass is 344 g/mol. The van der Waals surface area contributed by atoms with Crippen LogP contribution in [0.5, 0.6) is 0 Å². The van der Waals surface area contributed by atoms with Gasteiger partial charge in [0.05, 0.1) is 0 Å². The van der Waals surface area contributed by atoms with Crippen molar-refractivity contribution in [2.75, 3.05) is 17.2 Å². The smallest absolute Gasteiger partial charge is 0.160 e. The van der Waals surface area contributed by atoms with E-state index in [4.69, 9.17) is 0 Å². The van der Waals surface area contributed by atoms with Gasteiger partial charge >= 0.3 is 0 Å². The summed E-state index contributed by atoms with van der Waals surface area (Å²) in [5.41, 5.74) is 1.39. The average molecular weight is 344 g/mol. The van der Waals surface area contributed by atoms with Gasteiger partial charge in [0.25, 0.3) is 0 Å². The van der Waals surface area contributed by atoms with Crippen molar-refractivity contribution in [3.05, 3.63) is 77.9 Å². The predicted molar refractivity (Wildman–Crippen MR) is 90.3 cm³/mol. The molecule has 0 atom stereocenters. The number of rotatable bonds is 6. The van der Waals surface area contributed by atoms with E-state index in [9.17, 15) is 13.2 Å². The number of nitrogens with one attached hydrogen (secondary N) is 2. The molecule has 3 rings (SSSR count). The average Bonchev–Trinajstić information content (AvgIpc) is 2.60. The maximum absolute atomic E-state index is 13.2. The van der Waals surface area contributed by atoms with Crippen molar-refractivity contribution in [1.29, 1.82) is 0 Å². The third kappa shape index (κ3) is 4.69. The number of nitrogens with zero attached hydrogens (tertiary/aromatic N) is 2. The van der Waals surface area contributed by atoms with Gasteiger partial charge in [-0.15, -0.1) is 0 Å². The molecule has 2 N–H and O–H groups in total. The van der Waals surface area contributed by atoms with Crippen molar-refractivity contribution in [1.82, 2.24) is 9.97 Å². The van der Waals surface area contributed by atoms with Crippen molar-refractivity contribution in [2.24, 2.45) is 0 Å². The SMILES string of the molecule is Fc1ccc(CCNc2cc(Nc3ccc(F)c(F)c3)ncn2)cc1. The predicted octanol–water partition coefficient (Wildman–Crippen LogP) is 4.29. The van der Waals surface area contributed by atoms with Crippen LogP contribution in [0, 0.1) is 17.5 Å². The maximum atomic E-state index is 13.2. The Morgan fingerprint density at radius 2 is 1.56 bits per heavy atom. The fourth-order valence-corrected chi connectivity index (χ4v) is 2.23. The second-order valence-corrected chi connectivity index (χ2v) is 5.35. The van der Waals surface area contributed by atoms with Crippen LogP contribution in [0.3, 0.4) is 0 Å². The lowest BCUT2D eigenvalue weighted by atomic mass is 10.1. The fraction of sp³-hybridized carbons (Fsp3) is 0.111. The molecule has 1 heterocycles. The largest absolute Gasteiger partial charge is 0.370 e. The van der Waals surface area contributed by atoms with Gasteiger partial charge < -0.3 is 10.6 Å². The van der Waals surface area contributed by atoms with Crippen LogP contribution in [0.15, 0.2) is 54.9 Å². The lowest BCUT2D eigenvalue weighted by Crippen LogP contribution is -2.07. The van der Waals surface area contributed by atoms with Crippen molar-refractivity contribution in [3.8, 4) is 0 Å². The number of halogens is 3. The molecule has 0 fully saturated rings. The summed E-state index contributed by atoms with van der Waals surface area (Å²) in [5, 5.41) is 6.02. The maximum Gasteiger partial charge on any atom is 0.160 e. The minimum Gasteiger partial charge on any atom is -0.370 e. The van der Waals surface area contributed by atoms with E-state index in [-0.39, 0.29) is 5.82 Å². The summed E-state index contributed by atoms with van der Waals surface area (Å²) in [6.45, 7) is 0.604. The normalized spacial score (nSPS) is 10.5. The Morgan fingerprint density at radius 3 is 2.32 bits per heavy atom. The van der Waals surface area contributed by atoms with Crippen LogP contribution in [-0.2, 0) is 6.42 Å². The Bertz CT molecular complexity index is 853. The molecular formula is C18H15F3N4. The minimum absolute atomic E-state index is 0.263. The van der Waals surface area contributed by atoms with Gasteiger partial charge in [0.2, 0.25) is 0 Å². The molecule has 0 bridgehead atoms. The zero-order valence-electron chi connectivity index (χ0n) is 13.1. The Balaban J connectivity index is 1.59. The van der Waals surface area contributed by atoms with Gasteiger partial charge in [0.15, 0.2) is 11.6 Å². The molecule has 0 aliphatic heterocycles. The van der Waals surface area contributed by atoms with E-state index in [1.54, 1.807) is 18.2 Å². The molecule has 7 heteroatoms. The van der Waals surface area contributed by atoms with Crippen LogP contribution in [0.4, 0.5) is 30.5 Å². The summed E-state index contributed by atoms with van der Waals surface area (Å²) in [5.74, 6) is -1.07. The number of hydrogen-bond acceptors (Lipinski definition) is 4. The third-order valence-electron chi connectivity index (χ3n) is 3.49. The zero-order valence-corrected chi connectivity index (χ0v) is 13.1. The standard InChI is InChI=1S/C18H15F3N4/c19-13-3-1-12(2-4-13)7-8-22-17-10-18(24-11-23-17)25-14-5-6-15(20)16(21)9-14/h1-6,9-11H,7-8H2,(H2,22,23,24,25). The van der Waals surface area contributed by atoms with Crippen LogP contribution in [-0.4, -0.2) is 16.5 Å². The summed E-state index contributed by atoms with van der Waals surface area (Å²) in [6.07, 6.45) is 2.07. The van der Waals surface area contributed by atoms with Crippen LogP contribution in [0.2, 0.25) is 0 Å². The minimum atomic E-state index is -0.934. The van der Waals surface area contributed by atoms with Gasteiger partial charge in [-0.25, -0.2) is 23.1 Å². The first-order valence-corrected chi connectivity index (χ1v) is 7.62. The van der Waals surface area contributed by atoms with Gasteiger partial charge in [0, 0.05) is 24.4 Å². The van der Waals surface area contributed by atoms with Crippen LogP contribution < -0.4 is 10.6 Å². The Labute approximate surface area is 142 Å². The highest BCUT2D eigenvalue weighted by Gasteiger charge is 2.04. The lowest BCUT2D eigenvalue weighted by molar-refractivity contribution is 0.509. The number of anilines is 3. The van der Waals surface area contributed by atoms with E-state index in [0.717, 1.165) is 17.7 Å². The zero-order chi connectivity index (χ0) is 17.6. The molecule has 25 heavy (non-hydrogen) atoms. The molecule has 2 aromatic carbocycles. The second-order valence-electron chi connectivity index (χ2n) is 5.35. The summed E-state index contributed by atoms with van der Waals surface area (Å²) in [4.78, 5) is 8.14. The highest BCUT2D eigenvalue weighted by atomic mass is 19.2. The van der Waals surface area contributed by atoms with Crippen molar-refractivity contribution in [3.63, 3.8) is 0 Å². The quantitative estimate of drug-likeness (QED) is 0.700. The van der Waals surface area contributed by atoms with Gasteiger partial charge in [-0.05, 0) is 36.2 Å². The van der Waals surface area contributed by atoms with E-state index in [1.165, 1.54) is 24.5 Å². The molecule has 1 aromatic heterocycles. The summed E-state index contributed by atoms with van der Waals surface area (Å²) in [6, 6.07) is 11.5. The molecule has 128 valence electrons. The lowest BCUT2D eigenvalue weighted by Gasteiger charge is -2.09. The molecule has 0 aliphatic rings. The van der Waals surface area contributed by atoms with Gasteiger partial charge in [-0.2, -0.15) is 0 Å². The summed E-state index contributed by atoms with van der Waals surface area (Å²) < 4.78 is 39.0. The van der Waals surface area contributed by atoms with Crippen LogP contribution in [0.25, 0.3) is 0 Å². The van der Waals surface area contributed by atoms with Gasteiger partial charge in [-0.1, -0.05) is 12.1 Å². The molecule has 0 saturated carbocycles. The second kappa shape index (κ2) is 7.65. The van der Waals surface area contributed by atoms with Crippen molar-refractivity contribution >= 4 is 17.3 Å². The van der Waals surface area contributed by atoms with Crippen molar-refractivity contribution in [2.45, 2.75) is 6.42 Å². The summed E-state index contributed by atoms with van der Waals surface area (Å²) in [7, 11) is 0. The Hall–Kier alpha value is -3.09. The molecule has 0 aliphatic carbocycles. The fourth-order valence-electron chi connectivity index (χ4n) is 2.23. The number of benzene rings is 2. The molecule has 0 unspecified atom stereocenters. The van der Waals surface area contributed by atoms with Crippen LogP contribution >= 0.6 is 0 Å². The highest BCUT2D eigenvalue weighted by Crippen LogP contribution is 2.18. The van der Waals surface area contributed by atoms with E-state index >= 15 is 0 Å². The number of aromatic nitrogens is 2. The molecule has 3 aromatic rings. The first kappa shape index (κ1) is 16.8.